The number of hydrogen-bond donors (Lipinski definition) is 1. The van der Waals surface area contributed by atoms with Crippen LogP contribution >= 0.6 is 22.6 Å². The number of carbonyl (C=O) groups excluding carboxylic acids is 3. The molecule has 5 aromatic rings. The Bertz CT molecular complexity index is 1970. The number of carbonyl (C=O) groups is 3. The van der Waals surface area contributed by atoms with Crippen molar-refractivity contribution in [2.75, 3.05) is 21.7 Å². The van der Waals surface area contributed by atoms with Gasteiger partial charge in [0.2, 0.25) is 0 Å². The maximum Gasteiger partial charge on any atom is 0.419 e. The number of nitrogens with one attached hydrogen (secondary N) is 1. The fraction of sp³-hybridized carbons (Fsp3) is 0.132. The molecule has 0 bridgehead atoms. The van der Waals surface area contributed by atoms with Crippen LogP contribution in [0, 0.1) is 3.57 Å². The lowest BCUT2D eigenvalue weighted by Gasteiger charge is -2.34. The van der Waals surface area contributed by atoms with E-state index in [0.29, 0.717) is 31.9 Å². The number of para-hydroxylation sites is 1. The second-order valence-electron chi connectivity index (χ2n) is 11.3. The van der Waals surface area contributed by atoms with E-state index in [9.17, 15) is 14.4 Å². The summed E-state index contributed by atoms with van der Waals surface area (Å²) < 4.78 is 17.9. The Hall–Kier alpha value is -5.36. The van der Waals surface area contributed by atoms with Crippen molar-refractivity contribution < 1.29 is 28.6 Å². The van der Waals surface area contributed by atoms with Crippen molar-refractivity contribution in [3.63, 3.8) is 0 Å². The van der Waals surface area contributed by atoms with E-state index in [2.05, 4.69) is 27.9 Å². The molecule has 10 heteroatoms. The second-order valence-corrected chi connectivity index (χ2v) is 12.5. The van der Waals surface area contributed by atoms with Crippen LogP contribution in [0.3, 0.4) is 0 Å². The highest BCUT2D eigenvalue weighted by molar-refractivity contribution is 14.1. The molecular weight excluding hydrogens is 721 g/mol. The smallest absolute Gasteiger partial charge is 0.419 e. The maximum absolute atomic E-state index is 14.0. The summed E-state index contributed by atoms with van der Waals surface area (Å²) in [7, 11) is 0. The van der Waals surface area contributed by atoms with Crippen LogP contribution in [0.15, 0.2) is 121 Å². The first-order chi connectivity index (χ1) is 23.5. The van der Waals surface area contributed by atoms with Crippen molar-refractivity contribution in [3.05, 3.63) is 153 Å². The highest BCUT2D eigenvalue weighted by Gasteiger charge is 2.46. The van der Waals surface area contributed by atoms with E-state index >= 15 is 0 Å². The molecule has 0 radical (unpaired) electrons. The standard InChI is InChI=1S/C38H30IN3O6/c39-30-20-31(40-36(43)46-22-25-12-4-1-5-13-25)35-33-29(21-41(35)37(44)47-23-26-14-6-2-7-15-26)28-18-10-11-19-32(28)42(34(30)33)38(45)48-24-27-16-8-3-9-17-27/h1-20,29H,21-24H2,(H,40,43). The number of amides is 3. The predicted octanol–water partition coefficient (Wildman–Crippen LogP) is 9.12. The summed E-state index contributed by atoms with van der Waals surface area (Å²) in [5, 5.41) is 2.87. The highest BCUT2D eigenvalue weighted by atomic mass is 127. The summed E-state index contributed by atoms with van der Waals surface area (Å²) in [6.07, 6.45) is -1.81. The number of benzene rings is 5. The summed E-state index contributed by atoms with van der Waals surface area (Å²) in [6.45, 7) is 0.479. The van der Waals surface area contributed by atoms with Crippen molar-refractivity contribution in [2.45, 2.75) is 25.7 Å². The zero-order valence-corrected chi connectivity index (χ0v) is 27.8. The second kappa shape index (κ2) is 13.8. The molecule has 0 saturated carbocycles. The molecule has 1 atom stereocenters. The third kappa shape index (κ3) is 6.30. The monoisotopic (exact) mass is 751 g/mol. The molecule has 7 rings (SSSR count). The van der Waals surface area contributed by atoms with Gasteiger partial charge in [-0.15, -0.1) is 0 Å². The van der Waals surface area contributed by atoms with Gasteiger partial charge in [-0.3, -0.25) is 10.2 Å². The van der Waals surface area contributed by atoms with Gasteiger partial charge < -0.3 is 14.2 Å². The fourth-order valence-electron chi connectivity index (χ4n) is 6.12. The minimum Gasteiger partial charge on any atom is -0.444 e. The largest absolute Gasteiger partial charge is 0.444 e. The average Bonchev–Trinajstić information content (AvgIpc) is 3.53. The van der Waals surface area contributed by atoms with Gasteiger partial charge in [0.1, 0.15) is 19.8 Å². The molecule has 9 nitrogen and oxygen atoms in total. The number of fused-ring (bicyclic) bond motifs is 2. The first kappa shape index (κ1) is 31.3. The molecule has 2 aliphatic rings. The van der Waals surface area contributed by atoms with Crippen LogP contribution in [0.5, 0.6) is 0 Å². The third-order valence-corrected chi connectivity index (χ3v) is 9.11. The minimum absolute atomic E-state index is 0.0732. The minimum atomic E-state index is -0.678. The van der Waals surface area contributed by atoms with Crippen molar-refractivity contribution in [2.24, 2.45) is 0 Å². The van der Waals surface area contributed by atoms with Crippen molar-refractivity contribution in [3.8, 4) is 0 Å². The predicted molar refractivity (Wildman–Crippen MR) is 190 cm³/mol. The van der Waals surface area contributed by atoms with Crippen molar-refractivity contribution in [1.82, 2.24) is 0 Å². The summed E-state index contributed by atoms with van der Waals surface area (Å²) in [5.41, 5.74) is 6.17. The topological polar surface area (TPSA) is 97.4 Å². The molecule has 0 aliphatic carbocycles. The Labute approximate surface area is 291 Å². The van der Waals surface area contributed by atoms with Gasteiger partial charge in [0.15, 0.2) is 0 Å². The maximum atomic E-state index is 14.0. The molecule has 48 heavy (non-hydrogen) atoms. The molecule has 2 aliphatic heterocycles. The third-order valence-electron chi connectivity index (χ3n) is 8.29. The van der Waals surface area contributed by atoms with Gasteiger partial charge in [-0.2, -0.15) is 0 Å². The van der Waals surface area contributed by atoms with Gasteiger partial charge in [-0.25, -0.2) is 19.3 Å². The van der Waals surface area contributed by atoms with E-state index in [-0.39, 0.29) is 32.3 Å². The van der Waals surface area contributed by atoms with Gasteiger partial charge >= 0.3 is 18.3 Å². The van der Waals surface area contributed by atoms with Gasteiger partial charge in [0.25, 0.3) is 0 Å². The molecule has 0 spiro atoms. The van der Waals surface area contributed by atoms with Crippen LogP contribution in [-0.4, -0.2) is 24.8 Å². The number of halogens is 1. The van der Waals surface area contributed by atoms with Crippen molar-refractivity contribution >= 4 is 63.6 Å². The molecule has 0 saturated heterocycles. The van der Waals surface area contributed by atoms with Crippen LogP contribution in [0.4, 0.5) is 37.1 Å². The average molecular weight is 752 g/mol. The zero-order valence-electron chi connectivity index (χ0n) is 25.7. The summed E-state index contributed by atoms with van der Waals surface area (Å²) >= 11 is 2.16. The normalized spacial score (nSPS) is 14.1. The van der Waals surface area contributed by atoms with Crippen LogP contribution in [0.1, 0.15) is 33.7 Å². The van der Waals surface area contributed by atoms with Gasteiger partial charge in [-0.1, -0.05) is 109 Å². The van der Waals surface area contributed by atoms with Gasteiger partial charge in [0, 0.05) is 21.6 Å². The molecule has 3 amide bonds. The van der Waals surface area contributed by atoms with Gasteiger partial charge in [-0.05, 0) is 57.0 Å². The van der Waals surface area contributed by atoms with E-state index in [1.165, 1.54) is 4.90 Å². The molecular formula is C38H30IN3O6. The molecule has 1 unspecified atom stereocenters. The Morgan fingerprint density at radius 2 is 1.19 bits per heavy atom. The Balaban J connectivity index is 1.27. The first-order valence-electron chi connectivity index (χ1n) is 15.4. The number of rotatable bonds is 7. The van der Waals surface area contributed by atoms with Crippen LogP contribution in [0.2, 0.25) is 0 Å². The Morgan fingerprint density at radius 1 is 0.667 bits per heavy atom. The molecule has 0 fully saturated rings. The zero-order chi connectivity index (χ0) is 33.0. The highest BCUT2D eigenvalue weighted by Crippen LogP contribution is 2.57. The lowest BCUT2D eigenvalue weighted by Crippen LogP contribution is -2.33. The van der Waals surface area contributed by atoms with Gasteiger partial charge in [0.05, 0.1) is 22.7 Å². The van der Waals surface area contributed by atoms with Crippen molar-refractivity contribution in [1.29, 1.82) is 0 Å². The molecule has 0 aromatic heterocycles. The summed E-state index contributed by atoms with van der Waals surface area (Å²) in [6, 6.07) is 37.6. The Morgan fingerprint density at radius 3 is 1.79 bits per heavy atom. The molecule has 1 N–H and O–H groups in total. The van der Waals surface area contributed by atoms with Crippen LogP contribution in [0.25, 0.3) is 0 Å². The van der Waals surface area contributed by atoms with E-state index in [1.54, 1.807) is 11.0 Å². The lowest BCUT2D eigenvalue weighted by molar-refractivity contribution is 0.147. The summed E-state index contributed by atoms with van der Waals surface area (Å²) in [4.78, 5) is 44.1. The SMILES string of the molecule is O=C(Nc1cc(I)c2c3c1N(C(=O)OCc1ccccc1)CC3c1ccccc1N2C(=O)OCc1ccccc1)OCc1ccccc1. The molecule has 2 heterocycles. The molecule has 240 valence electrons. The number of ether oxygens (including phenoxy) is 3. The quantitative estimate of drug-likeness (QED) is 0.132. The number of anilines is 4. The Kier molecular flexibility index (Phi) is 8.97. The lowest BCUT2D eigenvalue weighted by atomic mass is 9.86. The van der Waals surface area contributed by atoms with E-state index in [4.69, 9.17) is 14.2 Å². The molecule has 5 aromatic carbocycles. The van der Waals surface area contributed by atoms with E-state index in [1.807, 2.05) is 115 Å². The van der Waals surface area contributed by atoms with E-state index < -0.39 is 18.3 Å². The van der Waals surface area contributed by atoms with Crippen LogP contribution in [-0.2, 0) is 34.0 Å². The fourth-order valence-corrected chi connectivity index (χ4v) is 6.97. The number of nitrogens with zero attached hydrogens (tertiary/aromatic N) is 2. The summed E-state index contributed by atoms with van der Waals surface area (Å²) in [5.74, 6) is -0.302. The van der Waals surface area contributed by atoms with Crippen LogP contribution < -0.4 is 15.1 Å². The number of hydrogen-bond acceptors (Lipinski definition) is 6. The first-order valence-corrected chi connectivity index (χ1v) is 16.5. The van der Waals surface area contributed by atoms with E-state index in [0.717, 1.165) is 22.3 Å².